The zero-order valence-electron chi connectivity index (χ0n) is 13.4. The molecule has 24 heavy (non-hydrogen) atoms. The predicted molar refractivity (Wildman–Crippen MR) is 94.1 cm³/mol. The maximum absolute atomic E-state index is 4.55. The van der Waals surface area contributed by atoms with E-state index in [0.717, 1.165) is 45.1 Å². The van der Waals surface area contributed by atoms with Crippen LogP contribution in [0.5, 0.6) is 0 Å². The minimum absolute atomic E-state index is 0.826. The Morgan fingerprint density at radius 2 is 1.88 bits per heavy atom. The van der Waals surface area contributed by atoms with Gasteiger partial charge in [-0.05, 0) is 43.7 Å². The lowest BCUT2D eigenvalue weighted by Crippen LogP contribution is -1.98. The number of fused-ring (bicyclic) bond motifs is 1. The van der Waals surface area contributed by atoms with E-state index in [4.69, 9.17) is 0 Å². The average Bonchev–Trinajstić information content (AvgIpc) is 3.06. The SMILES string of the molecule is Cc1cccc(-c2cc(Nc3ccnc4cn[nH]c34)c(C)cn2)n1. The normalized spacial score (nSPS) is 10.9. The van der Waals surface area contributed by atoms with Gasteiger partial charge in [0, 0.05) is 23.8 Å². The van der Waals surface area contributed by atoms with E-state index < -0.39 is 0 Å². The monoisotopic (exact) mass is 316 g/mol. The molecule has 0 atom stereocenters. The molecule has 0 amide bonds. The Kier molecular flexibility index (Phi) is 3.42. The van der Waals surface area contributed by atoms with Crippen molar-refractivity contribution in [2.24, 2.45) is 0 Å². The van der Waals surface area contributed by atoms with E-state index in [1.54, 1.807) is 12.4 Å². The van der Waals surface area contributed by atoms with E-state index in [0.29, 0.717) is 0 Å². The zero-order valence-corrected chi connectivity index (χ0v) is 13.4. The minimum Gasteiger partial charge on any atom is -0.353 e. The van der Waals surface area contributed by atoms with E-state index in [1.165, 1.54) is 0 Å². The number of anilines is 2. The molecule has 4 heterocycles. The first-order valence-electron chi connectivity index (χ1n) is 7.66. The van der Waals surface area contributed by atoms with Crippen molar-refractivity contribution in [3.05, 3.63) is 60.2 Å². The molecular weight excluding hydrogens is 300 g/mol. The number of nitrogens with one attached hydrogen (secondary N) is 2. The summed E-state index contributed by atoms with van der Waals surface area (Å²) in [5.41, 5.74) is 7.33. The molecule has 6 nitrogen and oxygen atoms in total. The Morgan fingerprint density at radius 1 is 0.958 bits per heavy atom. The number of aromatic amines is 1. The highest BCUT2D eigenvalue weighted by Gasteiger charge is 2.09. The molecule has 4 aromatic rings. The van der Waals surface area contributed by atoms with Crippen LogP contribution in [0.15, 0.2) is 48.9 Å². The summed E-state index contributed by atoms with van der Waals surface area (Å²) in [6.07, 6.45) is 5.33. The van der Waals surface area contributed by atoms with Crippen LogP contribution in [0, 0.1) is 13.8 Å². The van der Waals surface area contributed by atoms with Gasteiger partial charge in [0.15, 0.2) is 0 Å². The van der Waals surface area contributed by atoms with Gasteiger partial charge in [0.1, 0.15) is 11.0 Å². The second-order valence-electron chi connectivity index (χ2n) is 5.66. The summed E-state index contributed by atoms with van der Waals surface area (Å²) in [7, 11) is 0. The molecule has 0 aliphatic rings. The van der Waals surface area contributed by atoms with E-state index in [1.807, 2.05) is 50.4 Å². The molecule has 4 rings (SSSR count). The van der Waals surface area contributed by atoms with Crippen molar-refractivity contribution < 1.29 is 0 Å². The molecule has 0 saturated carbocycles. The third kappa shape index (κ3) is 2.58. The summed E-state index contributed by atoms with van der Waals surface area (Å²) in [4.78, 5) is 13.3. The molecule has 0 bridgehead atoms. The fraction of sp³-hybridized carbons (Fsp3) is 0.111. The van der Waals surface area contributed by atoms with Crippen LogP contribution in [0.4, 0.5) is 11.4 Å². The number of H-pyrrole nitrogens is 1. The lowest BCUT2D eigenvalue weighted by Gasteiger charge is -2.11. The van der Waals surface area contributed by atoms with Crippen LogP contribution in [-0.2, 0) is 0 Å². The van der Waals surface area contributed by atoms with E-state index in [9.17, 15) is 0 Å². The van der Waals surface area contributed by atoms with Crippen LogP contribution in [0.2, 0.25) is 0 Å². The zero-order chi connectivity index (χ0) is 16.5. The fourth-order valence-electron chi connectivity index (χ4n) is 2.58. The second kappa shape index (κ2) is 5.73. The van der Waals surface area contributed by atoms with Crippen molar-refractivity contribution in [3.63, 3.8) is 0 Å². The lowest BCUT2D eigenvalue weighted by atomic mass is 10.1. The molecule has 0 unspecified atom stereocenters. The summed E-state index contributed by atoms with van der Waals surface area (Å²) in [5, 5.41) is 10.5. The molecule has 6 heteroatoms. The van der Waals surface area contributed by atoms with Gasteiger partial charge in [-0.2, -0.15) is 5.10 Å². The number of pyridine rings is 3. The molecule has 0 fully saturated rings. The third-order valence-corrected chi connectivity index (χ3v) is 3.87. The number of rotatable bonds is 3. The van der Waals surface area contributed by atoms with E-state index in [2.05, 4.69) is 30.5 Å². The van der Waals surface area contributed by atoms with Crippen molar-refractivity contribution in [2.45, 2.75) is 13.8 Å². The quantitative estimate of drug-likeness (QED) is 0.601. The van der Waals surface area contributed by atoms with E-state index >= 15 is 0 Å². The largest absolute Gasteiger partial charge is 0.353 e. The Bertz CT molecular complexity index is 1020. The van der Waals surface area contributed by atoms with Gasteiger partial charge in [-0.15, -0.1) is 0 Å². The van der Waals surface area contributed by atoms with Crippen LogP contribution in [-0.4, -0.2) is 25.1 Å². The molecule has 0 spiro atoms. The Balaban J connectivity index is 1.75. The van der Waals surface area contributed by atoms with Crippen molar-refractivity contribution >= 4 is 22.4 Å². The first-order chi connectivity index (χ1) is 11.7. The topological polar surface area (TPSA) is 79.4 Å². The smallest absolute Gasteiger partial charge is 0.110 e. The summed E-state index contributed by atoms with van der Waals surface area (Å²) >= 11 is 0. The average molecular weight is 316 g/mol. The number of nitrogens with zero attached hydrogens (tertiary/aromatic N) is 4. The number of hydrogen-bond acceptors (Lipinski definition) is 5. The van der Waals surface area contributed by atoms with Crippen molar-refractivity contribution in [1.29, 1.82) is 0 Å². The molecule has 118 valence electrons. The van der Waals surface area contributed by atoms with Crippen molar-refractivity contribution in [1.82, 2.24) is 25.1 Å². The number of aryl methyl sites for hydroxylation is 2. The summed E-state index contributed by atoms with van der Waals surface area (Å²) in [5.74, 6) is 0. The van der Waals surface area contributed by atoms with Gasteiger partial charge >= 0.3 is 0 Å². The van der Waals surface area contributed by atoms with Gasteiger partial charge < -0.3 is 5.32 Å². The van der Waals surface area contributed by atoms with Crippen molar-refractivity contribution in [3.8, 4) is 11.4 Å². The minimum atomic E-state index is 0.826. The molecular formula is C18H16N6. The van der Waals surface area contributed by atoms with Crippen LogP contribution in [0.1, 0.15) is 11.3 Å². The highest BCUT2D eigenvalue weighted by Crippen LogP contribution is 2.27. The molecule has 0 saturated heterocycles. The van der Waals surface area contributed by atoms with Gasteiger partial charge in [0.25, 0.3) is 0 Å². The number of aromatic nitrogens is 5. The fourth-order valence-corrected chi connectivity index (χ4v) is 2.58. The molecule has 0 aliphatic heterocycles. The number of hydrogen-bond donors (Lipinski definition) is 2. The molecule has 0 radical (unpaired) electrons. The van der Waals surface area contributed by atoms with Gasteiger partial charge in [-0.1, -0.05) is 6.07 Å². The van der Waals surface area contributed by atoms with Gasteiger partial charge in [0.2, 0.25) is 0 Å². The Hall–Kier alpha value is -3.28. The second-order valence-corrected chi connectivity index (χ2v) is 5.66. The maximum atomic E-state index is 4.55. The van der Waals surface area contributed by atoms with Gasteiger partial charge in [-0.25, -0.2) is 0 Å². The Labute approximate surface area is 139 Å². The van der Waals surface area contributed by atoms with E-state index in [-0.39, 0.29) is 0 Å². The predicted octanol–water partition coefficient (Wildman–Crippen LogP) is 3.78. The van der Waals surface area contributed by atoms with Crippen LogP contribution < -0.4 is 5.32 Å². The molecule has 0 aliphatic carbocycles. The third-order valence-electron chi connectivity index (χ3n) is 3.87. The summed E-state index contributed by atoms with van der Waals surface area (Å²) < 4.78 is 0. The highest BCUT2D eigenvalue weighted by atomic mass is 15.1. The van der Waals surface area contributed by atoms with Crippen LogP contribution >= 0.6 is 0 Å². The van der Waals surface area contributed by atoms with Crippen molar-refractivity contribution in [2.75, 3.05) is 5.32 Å². The van der Waals surface area contributed by atoms with Gasteiger partial charge in [-0.3, -0.25) is 20.1 Å². The first kappa shape index (κ1) is 14.3. The first-order valence-corrected chi connectivity index (χ1v) is 7.66. The molecule has 4 aromatic heterocycles. The Morgan fingerprint density at radius 3 is 2.75 bits per heavy atom. The maximum Gasteiger partial charge on any atom is 0.110 e. The van der Waals surface area contributed by atoms with Crippen LogP contribution in [0.3, 0.4) is 0 Å². The molecule has 2 N–H and O–H groups in total. The summed E-state index contributed by atoms with van der Waals surface area (Å²) in [6.45, 7) is 4.00. The van der Waals surface area contributed by atoms with Gasteiger partial charge in [0.05, 0.1) is 23.3 Å². The highest BCUT2D eigenvalue weighted by molar-refractivity contribution is 5.89. The molecule has 0 aromatic carbocycles. The summed E-state index contributed by atoms with van der Waals surface area (Å²) in [6, 6.07) is 9.87. The standard InChI is InChI=1S/C18H16N6/c1-11-9-20-16(13-5-3-4-12(2)22-13)8-15(11)23-14-6-7-19-17-10-21-24-18(14)17/h3-10H,1-2H3,(H,21,24)(H,19,20,23). The lowest BCUT2D eigenvalue weighted by molar-refractivity contribution is 1.12. The van der Waals surface area contributed by atoms with Crippen LogP contribution in [0.25, 0.3) is 22.4 Å².